The maximum absolute atomic E-state index is 12.6. The Labute approximate surface area is 123 Å². The van der Waals surface area contributed by atoms with Crippen LogP contribution in [0.2, 0.25) is 0 Å². The molecule has 1 amide bonds. The maximum Gasteiger partial charge on any atom is 0.228 e. The van der Waals surface area contributed by atoms with Gasteiger partial charge in [0.15, 0.2) is 0 Å². The molecule has 1 aromatic rings. The average Bonchev–Trinajstić information content (AvgIpc) is 2.40. The van der Waals surface area contributed by atoms with E-state index in [1.54, 1.807) is 0 Å². The lowest BCUT2D eigenvalue weighted by molar-refractivity contribution is -0.120. The van der Waals surface area contributed by atoms with Gasteiger partial charge in [0.05, 0.1) is 0 Å². The molecule has 0 aliphatic rings. The summed E-state index contributed by atoms with van der Waals surface area (Å²) in [6.45, 7) is 12.5. The van der Waals surface area contributed by atoms with Crippen molar-refractivity contribution in [1.82, 2.24) is 4.90 Å². The fraction of sp³-hybridized carbons (Fsp3) is 0.588. The van der Waals surface area contributed by atoms with E-state index in [0.29, 0.717) is 6.42 Å². The monoisotopic (exact) mass is 276 g/mol. The van der Waals surface area contributed by atoms with Crippen molar-refractivity contribution in [2.75, 3.05) is 18.0 Å². The second-order valence-corrected chi connectivity index (χ2v) is 5.47. The van der Waals surface area contributed by atoms with E-state index in [-0.39, 0.29) is 18.0 Å². The van der Waals surface area contributed by atoms with Crippen LogP contribution in [0.4, 0.5) is 5.69 Å². The Hall–Kier alpha value is -1.35. The highest BCUT2D eigenvalue weighted by Crippen LogP contribution is 2.19. The normalized spacial score (nSPS) is 12.8. The molecule has 3 heteroatoms. The third-order valence-corrected chi connectivity index (χ3v) is 3.73. The molecule has 0 aromatic heterocycles. The average molecular weight is 276 g/mol. The molecular formula is C17H28N2O. The summed E-state index contributed by atoms with van der Waals surface area (Å²) in [6.07, 6.45) is 0.564. The zero-order valence-electron chi connectivity index (χ0n) is 13.5. The molecule has 1 unspecified atom stereocenters. The van der Waals surface area contributed by atoms with E-state index in [2.05, 4.69) is 39.5 Å². The van der Waals surface area contributed by atoms with Gasteiger partial charge in [0.2, 0.25) is 5.91 Å². The van der Waals surface area contributed by atoms with Crippen molar-refractivity contribution in [2.24, 2.45) is 0 Å². The van der Waals surface area contributed by atoms with Gasteiger partial charge in [-0.3, -0.25) is 4.79 Å². The largest absolute Gasteiger partial charge is 0.310 e. The lowest BCUT2D eigenvalue weighted by atomic mass is 10.1. The van der Waals surface area contributed by atoms with Crippen LogP contribution in [0, 0.1) is 0 Å². The predicted octanol–water partition coefficient (Wildman–Crippen LogP) is 3.55. The molecule has 1 rings (SSSR count). The number of carbonyl (C=O) groups excluding carboxylic acids is 1. The quantitative estimate of drug-likeness (QED) is 0.760. The maximum atomic E-state index is 12.6. The van der Waals surface area contributed by atoms with Gasteiger partial charge in [-0.05, 0) is 46.0 Å². The van der Waals surface area contributed by atoms with Crippen LogP contribution in [0.25, 0.3) is 0 Å². The van der Waals surface area contributed by atoms with Crippen LogP contribution in [-0.4, -0.2) is 36.0 Å². The molecule has 0 radical (unpaired) electrons. The van der Waals surface area contributed by atoms with Crippen molar-refractivity contribution in [3.05, 3.63) is 30.3 Å². The first-order valence-electron chi connectivity index (χ1n) is 7.62. The van der Waals surface area contributed by atoms with Crippen LogP contribution in [0.15, 0.2) is 30.3 Å². The van der Waals surface area contributed by atoms with Crippen LogP contribution in [0.1, 0.15) is 41.0 Å². The van der Waals surface area contributed by atoms with Gasteiger partial charge >= 0.3 is 0 Å². The molecule has 112 valence electrons. The van der Waals surface area contributed by atoms with E-state index in [9.17, 15) is 4.79 Å². The number of hydrogen-bond acceptors (Lipinski definition) is 2. The zero-order chi connectivity index (χ0) is 15.1. The van der Waals surface area contributed by atoms with Gasteiger partial charge in [0.1, 0.15) is 0 Å². The number of amides is 1. The Morgan fingerprint density at radius 2 is 1.60 bits per heavy atom. The molecule has 0 heterocycles. The lowest BCUT2D eigenvalue weighted by Gasteiger charge is -2.31. The van der Waals surface area contributed by atoms with E-state index >= 15 is 0 Å². The Balaban J connectivity index is 2.81. The number of benzene rings is 1. The number of rotatable bonds is 7. The summed E-state index contributed by atoms with van der Waals surface area (Å²) < 4.78 is 0. The van der Waals surface area contributed by atoms with Gasteiger partial charge in [-0.25, -0.2) is 0 Å². The third kappa shape index (κ3) is 4.34. The van der Waals surface area contributed by atoms with Gasteiger partial charge in [-0.2, -0.15) is 0 Å². The summed E-state index contributed by atoms with van der Waals surface area (Å²) in [5.41, 5.74) is 0.985. The third-order valence-electron chi connectivity index (χ3n) is 3.73. The molecular weight excluding hydrogens is 248 g/mol. The van der Waals surface area contributed by atoms with E-state index < -0.39 is 0 Å². The summed E-state index contributed by atoms with van der Waals surface area (Å²) in [7, 11) is 0. The topological polar surface area (TPSA) is 23.6 Å². The minimum Gasteiger partial charge on any atom is -0.310 e. The van der Waals surface area contributed by atoms with E-state index in [4.69, 9.17) is 0 Å². The van der Waals surface area contributed by atoms with Crippen LogP contribution in [0.5, 0.6) is 0 Å². The smallest absolute Gasteiger partial charge is 0.228 e. The highest BCUT2D eigenvalue weighted by molar-refractivity contribution is 5.94. The molecule has 0 bridgehead atoms. The SMILES string of the molecule is CCN(CC)C(C)CC(=O)N(c1ccccc1)C(C)C. The Kier molecular flexibility index (Phi) is 6.73. The number of carbonyl (C=O) groups is 1. The first-order chi connectivity index (χ1) is 9.51. The molecule has 20 heavy (non-hydrogen) atoms. The molecule has 0 fully saturated rings. The van der Waals surface area contributed by atoms with Gasteiger partial charge in [0.25, 0.3) is 0 Å². The molecule has 0 aliphatic heterocycles. The van der Waals surface area contributed by atoms with Crippen molar-refractivity contribution < 1.29 is 4.79 Å². The Morgan fingerprint density at radius 1 is 1.05 bits per heavy atom. The van der Waals surface area contributed by atoms with Crippen LogP contribution < -0.4 is 4.90 Å². The van der Waals surface area contributed by atoms with Crippen molar-refractivity contribution in [3.8, 4) is 0 Å². The fourth-order valence-electron chi connectivity index (χ4n) is 2.65. The van der Waals surface area contributed by atoms with Crippen molar-refractivity contribution in [3.63, 3.8) is 0 Å². The number of anilines is 1. The molecule has 1 atom stereocenters. The minimum absolute atomic E-state index is 0.175. The van der Waals surface area contributed by atoms with Crippen molar-refractivity contribution in [2.45, 2.75) is 53.1 Å². The standard InChI is InChI=1S/C17H28N2O/c1-6-18(7-2)15(5)13-17(20)19(14(3)4)16-11-9-8-10-12-16/h8-12,14-15H,6-7,13H2,1-5H3. The first-order valence-corrected chi connectivity index (χ1v) is 7.62. The summed E-state index contributed by atoms with van der Waals surface area (Å²) >= 11 is 0. The van der Waals surface area contributed by atoms with Gasteiger partial charge < -0.3 is 9.80 Å². The molecule has 0 spiro atoms. The van der Waals surface area contributed by atoms with Gasteiger partial charge in [-0.1, -0.05) is 32.0 Å². The molecule has 0 saturated heterocycles. The molecule has 0 saturated carbocycles. The highest BCUT2D eigenvalue weighted by atomic mass is 16.2. The van der Waals surface area contributed by atoms with E-state index in [1.807, 2.05) is 35.2 Å². The van der Waals surface area contributed by atoms with Gasteiger partial charge in [0, 0.05) is 24.2 Å². The number of para-hydroxylation sites is 1. The lowest BCUT2D eigenvalue weighted by Crippen LogP contribution is -2.42. The highest BCUT2D eigenvalue weighted by Gasteiger charge is 2.22. The Bertz CT molecular complexity index is 399. The van der Waals surface area contributed by atoms with E-state index in [1.165, 1.54) is 0 Å². The van der Waals surface area contributed by atoms with E-state index in [0.717, 1.165) is 18.8 Å². The summed E-state index contributed by atoms with van der Waals surface area (Å²) in [6, 6.07) is 10.4. The molecule has 0 N–H and O–H groups in total. The second-order valence-electron chi connectivity index (χ2n) is 5.47. The first kappa shape index (κ1) is 16.7. The molecule has 1 aromatic carbocycles. The minimum atomic E-state index is 0.175. The predicted molar refractivity (Wildman–Crippen MR) is 86.1 cm³/mol. The zero-order valence-corrected chi connectivity index (χ0v) is 13.5. The molecule has 3 nitrogen and oxygen atoms in total. The van der Waals surface area contributed by atoms with Crippen LogP contribution in [-0.2, 0) is 4.79 Å². The number of nitrogens with zero attached hydrogens (tertiary/aromatic N) is 2. The van der Waals surface area contributed by atoms with Crippen LogP contribution in [0.3, 0.4) is 0 Å². The fourth-order valence-corrected chi connectivity index (χ4v) is 2.65. The number of hydrogen-bond donors (Lipinski definition) is 0. The van der Waals surface area contributed by atoms with Crippen molar-refractivity contribution in [1.29, 1.82) is 0 Å². The van der Waals surface area contributed by atoms with Gasteiger partial charge in [-0.15, -0.1) is 0 Å². The summed E-state index contributed by atoms with van der Waals surface area (Å²) in [5, 5.41) is 0. The molecule has 0 aliphatic carbocycles. The second kappa shape index (κ2) is 8.05. The Morgan fingerprint density at radius 3 is 2.05 bits per heavy atom. The van der Waals surface area contributed by atoms with Crippen LogP contribution >= 0.6 is 0 Å². The van der Waals surface area contributed by atoms with Crippen molar-refractivity contribution >= 4 is 11.6 Å². The summed E-state index contributed by atoms with van der Waals surface area (Å²) in [5.74, 6) is 0.200. The summed E-state index contributed by atoms with van der Waals surface area (Å²) in [4.78, 5) is 16.9.